The van der Waals surface area contributed by atoms with E-state index in [1.54, 1.807) is 0 Å². The summed E-state index contributed by atoms with van der Waals surface area (Å²) in [4.78, 5) is 24.4. The van der Waals surface area contributed by atoms with Crippen LogP contribution in [0.5, 0.6) is 0 Å². The number of nitrogens with zero attached hydrogens (tertiary/aromatic N) is 1. The van der Waals surface area contributed by atoms with Crippen molar-refractivity contribution >= 4 is 11.9 Å². The van der Waals surface area contributed by atoms with Crippen LogP contribution in [0.4, 0.5) is 4.79 Å². The van der Waals surface area contributed by atoms with Crippen molar-refractivity contribution in [3.63, 3.8) is 0 Å². The lowest BCUT2D eigenvalue weighted by Gasteiger charge is -2.37. The summed E-state index contributed by atoms with van der Waals surface area (Å²) < 4.78 is 5.40. The average molecular weight is 259 g/mol. The first-order chi connectivity index (χ1) is 8.56. The monoisotopic (exact) mass is 259 g/mol. The van der Waals surface area contributed by atoms with Crippen molar-refractivity contribution in [2.24, 2.45) is 0 Å². The third-order valence-electron chi connectivity index (χ3n) is 2.94. The Morgan fingerprint density at radius 1 is 1.50 bits per heavy atom. The summed E-state index contributed by atoms with van der Waals surface area (Å²) >= 11 is 0. The van der Waals surface area contributed by atoms with Crippen LogP contribution in [0.3, 0.4) is 0 Å². The molecule has 0 aromatic heterocycles. The van der Waals surface area contributed by atoms with Gasteiger partial charge in [-0.05, 0) is 6.92 Å². The number of amides is 3. The van der Waals surface area contributed by atoms with Crippen molar-refractivity contribution in [3.8, 4) is 0 Å². The quantitative estimate of drug-likeness (QED) is 0.597. The normalized spacial score (nSPS) is 24.6. The lowest BCUT2D eigenvalue weighted by molar-refractivity contribution is -0.121. The molecule has 3 N–H and O–H groups in total. The van der Waals surface area contributed by atoms with Crippen LogP contribution in [0.25, 0.3) is 0 Å². The molecule has 7 nitrogen and oxygen atoms in total. The Bertz CT molecular complexity index is 298. The summed E-state index contributed by atoms with van der Waals surface area (Å²) in [5, 5.41) is 13.6. The fourth-order valence-corrected chi connectivity index (χ4v) is 1.79. The van der Waals surface area contributed by atoms with Crippen molar-refractivity contribution < 1.29 is 19.4 Å². The van der Waals surface area contributed by atoms with E-state index in [1.165, 1.54) is 7.05 Å². The Morgan fingerprint density at radius 2 is 2.22 bits per heavy atom. The standard InChI is InChI=1S/C11H21N3O4/c1-8-7-18-9(6-15)5-14(8)4-3-10(16)13-11(17)12-2/h8-9,15H,3-7H2,1-2H3,(H2,12,13,16,17). The average Bonchev–Trinajstić information content (AvgIpc) is 2.37. The first-order valence-electron chi connectivity index (χ1n) is 6.05. The number of aliphatic hydroxyl groups is 1. The van der Waals surface area contributed by atoms with Gasteiger partial charge in [-0.15, -0.1) is 0 Å². The van der Waals surface area contributed by atoms with E-state index >= 15 is 0 Å². The summed E-state index contributed by atoms with van der Waals surface area (Å²) in [7, 11) is 1.46. The van der Waals surface area contributed by atoms with Gasteiger partial charge in [-0.1, -0.05) is 0 Å². The number of rotatable bonds is 4. The molecule has 2 atom stereocenters. The van der Waals surface area contributed by atoms with Crippen LogP contribution in [0.1, 0.15) is 13.3 Å². The maximum atomic E-state index is 11.4. The number of urea groups is 1. The Kier molecular flexibility index (Phi) is 6.03. The van der Waals surface area contributed by atoms with Crippen LogP contribution in [0, 0.1) is 0 Å². The van der Waals surface area contributed by atoms with Crippen LogP contribution in [-0.2, 0) is 9.53 Å². The number of morpholine rings is 1. The number of hydrogen-bond acceptors (Lipinski definition) is 5. The molecule has 0 aromatic carbocycles. The van der Waals surface area contributed by atoms with Gasteiger partial charge in [-0.25, -0.2) is 4.79 Å². The lowest BCUT2D eigenvalue weighted by Crippen LogP contribution is -2.50. The van der Waals surface area contributed by atoms with Gasteiger partial charge in [0.25, 0.3) is 0 Å². The van der Waals surface area contributed by atoms with Crippen LogP contribution < -0.4 is 10.6 Å². The fraction of sp³-hybridized carbons (Fsp3) is 0.818. The minimum absolute atomic E-state index is 0.0202. The molecule has 1 aliphatic rings. The molecule has 1 heterocycles. The van der Waals surface area contributed by atoms with Crippen LogP contribution in [0.2, 0.25) is 0 Å². The van der Waals surface area contributed by atoms with E-state index in [0.717, 1.165) is 0 Å². The summed E-state index contributed by atoms with van der Waals surface area (Å²) in [6, 6.07) is -0.288. The van der Waals surface area contributed by atoms with Gasteiger partial charge in [0.05, 0.1) is 19.3 Å². The Balaban J connectivity index is 2.32. The molecule has 104 valence electrons. The topological polar surface area (TPSA) is 90.9 Å². The highest BCUT2D eigenvalue weighted by Gasteiger charge is 2.25. The summed E-state index contributed by atoms with van der Waals surface area (Å²) in [5.41, 5.74) is 0. The van der Waals surface area contributed by atoms with Crippen molar-refractivity contribution in [1.29, 1.82) is 0 Å². The summed E-state index contributed by atoms with van der Waals surface area (Å²) in [6.07, 6.45) is 0.0545. The van der Waals surface area contributed by atoms with Crippen molar-refractivity contribution in [2.75, 3.05) is 33.4 Å². The third-order valence-corrected chi connectivity index (χ3v) is 2.94. The van der Waals surface area contributed by atoms with Gasteiger partial charge < -0.3 is 15.2 Å². The Hall–Kier alpha value is -1.18. The highest BCUT2D eigenvalue weighted by atomic mass is 16.5. The van der Waals surface area contributed by atoms with Gasteiger partial charge >= 0.3 is 6.03 Å². The molecule has 18 heavy (non-hydrogen) atoms. The second kappa shape index (κ2) is 7.30. The number of carbonyl (C=O) groups excluding carboxylic acids is 2. The molecule has 0 saturated carbocycles. The van der Waals surface area contributed by atoms with E-state index in [1.807, 2.05) is 6.92 Å². The minimum atomic E-state index is -0.497. The number of hydrogen-bond donors (Lipinski definition) is 3. The molecule has 1 fully saturated rings. The van der Waals surface area contributed by atoms with E-state index in [0.29, 0.717) is 19.7 Å². The molecule has 0 spiro atoms. The molecule has 1 rings (SSSR count). The maximum absolute atomic E-state index is 11.4. The highest BCUT2D eigenvalue weighted by Crippen LogP contribution is 2.11. The molecule has 3 amide bonds. The van der Waals surface area contributed by atoms with Gasteiger partial charge in [0.2, 0.25) is 5.91 Å². The molecular formula is C11H21N3O4. The summed E-state index contributed by atoms with van der Waals surface area (Å²) in [6.45, 7) is 3.68. The number of nitrogens with one attached hydrogen (secondary N) is 2. The molecule has 1 aliphatic heterocycles. The van der Waals surface area contributed by atoms with Gasteiger partial charge in [0.15, 0.2) is 0 Å². The Labute approximate surface area is 106 Å². The smallest absolute Gasteiger partial charge is 0.321 e. The molecule has 0 aromatic rings. The van der Waals surface area contributed by atoms with Crippen molar-refractivity contribution in [3.05, 3.63) is 0 Å². The van der Waals surface area contributed by atoms with Crippen LogP contribution in [-0.4, -0.2) is 67.4 Å². The SMILES string of the molecule is CNC(=O)NC(=O)CCN1CC(CO)OCC1C. The van der Waals surface area contributed by atoms with Crippen LogP contribution >= 0.6 is 0 Å². The van der Waals surface area contributed by atoms with E-state index in [4.69, 9.17) is 9.84 Å². The van der Waals surface area contributed by atoms with E-state index in [2.05, 4.69) is 15.5 Å². The zero-order valence-corrected chi connectivity index (χ0v) is 10.8. The second-order valence-electron chi connectivity index (χ2n) is 4.36. The molecule has 1 saturated heterocycles. The van der Waals surface area contributed by atoms with Gasteiger partial charge in [-0.2, -0.15) is 0 Å². The van der Waals surface area contributed by atoms with Gasteiger partial charge in [-0.3, -0.25) is 15.0 Å². The highest BCUT2D eigenvalue weighted by molar-refractivity contribution is 5.94. The zero-order chi connectivity index (χ0) is 13.5. The summed E-state index contributed by atoms with van der Waals surface area (Å²) in [5.74, 6) is -0.311. The van der Waals surface area contributed by atoms with Gasteiger partial charge in [0.1, 0.15) is 0 Å². The number of carbonyl (C=O) groups is 2. The maximum Gasteiger partial charge on any atom is 0.321 e. The van der Waals surface area contributed by atoms with E-state index in [9.17, 15) is 9.59 Å². The zero-order valence-electron chi connectivity index (χ0n) is 10.8. The first kappa shape index (κ1) is 14.9. The number of imide groups is 1. The first-order valence-corrected chi connectivity index (χ1v) is 6.05. The van der Waals surface area contributed by atoms with Crippen LogP contribution in [0.15, 0.2) is 0 Å². The molecule has 0 radical (unpaired) electrons. The van der Waals surface area contributed by atoms with E-state index in [-0.39, 0.29) is 31.1 Å². The molecule has 0 aliphatic carbocycles. The lowest BCUT2D eigenvalue weighted by atomic mass is 10.2. The predicted molar refractivity (Wildman–Crippen MR) is 65.1 cm³/mol. The minimum Gasteiger partial charge on any atom is -0.394 e. The molecular weight excluding hydrogens is 238 g/mol. The predicted octanol–water partition coefficient (Wildman–Crippen LogP) is -1.09. The Morgan fingerprint density at radius 3 is 2.83 bits per heavy atom. The van der Waals surface area contributed by atoms with Crippen molar-refractivity contribution in [1.82, 2.24) is 15.5 Å². The fourth-order valence-electron chi connectivity index (χ4n) is 1.79. The van der Waals surface area contributed by atoms with E-state index < -0.39 is 6.03 Å². The number of ether oxygens (including phenoxy) is 1. The van der Waals surface area contributed by atoms with Gasteiger partial charge in [0, 0.05) is 32.6 Å². The number of aliphatic hydroxyl groups excluding tert-OH is 1. The molecule has 0 bridgehead atoms. The van der Waals surface area contributed by atoms with Crippen molar-refractivity contribution in [2.45, 2.75) is 25.5 Å². The molecule has 7 heteroatoms. The third kappa shape index (κ3) is 4.59. The largest absolute Gasteiger partial charge is 0.394 e. The second-order valence-corrected chi connectivity index (χ2v) is 4.36. The molecule has 2 unspecified atom stereocenters.